The number of phenolic OH excluding ortho intramolecular Hbond substituents is 1. The second-order valence-electron chi connectivity index (χ2n) is 7.25. The molecule has 31 heavy (non-hydrogen) atoms. The number of rotatable bonds is 3. The van der Waals surface area contributed by atoms with Crippen molar-refractivity contribution in [1.29, 1.82) is 0 Å². The largest absolute Gasteiger partial charge is 0.508 e. The van der Waals surface area contributed by atoms with Crippen LogP contribution in [0, 0.1) is 6.92 Å². The third kappa shape index (κ3) is 3.90. The molecular formula is C24H17Cl2NO4. The number of aromatic hydroxyl groups is 1. The number of halogens is 2. The van der Waals surface area contributed by atoms with E-state index >= 15 is 0 Å². The van der Waals surface area contributed by atoms with Crippen molar-refractivity contribution in [1.82, 2.24) is 0 Å². The first-order valence-electron chi connectivity index (χ1n) is 9.39. The lowest BCUT2D eigenvalue weighted by Crippen LogP contribution is -2.29. The van der Waals surface area contributed by atoms with Gasteiger partial charge in [0.1, 0.15) is 11.5 Å². The van der Waals surface area contributed by atoms with E-state index in [9.17, 15) is 19.8 Å². The molecule has 3 aromatic rings. The van der Waals surface area contributed by atoms with E-state index in [0.717, 1.165) is 5.56 Å². The molecule has 1 amide bonds. The zero-order valence-corrected chi connectivity index (χ0v) is 17.9. The maximum atomic E-state index is 13.1. The molecule has 4 rings (SSSR count). The number of ketones is 1. The first-order valence-corrected chi connectivity index (χ1v) is 10.1. The van der Waals surface area contributed by atoms with E-state index in [1.165, 1.54) is 35.2 Å². The third-order valence-corrected chi connectivity index (χ3v) is 5.54. The van der Waals surface area contributed by atoms with E-state index in [-0.39, 0.29) is 17.1 Å². The highest BCUT2D eigenvalue weighted by molar-refractivity contribution is 6.52. The Morgan fingerprint density at radius 1 is 0.903 bits per heavy atom. The molecule has 1 aliphatic rings. The van der Waals surface area contributed by atoms with Gasteiger partial charge >= 0.3 is 0 Å². The Kier molecular flexibility index (Phi) is 5.48. The standard InChI is InChI=1S/C24H17Cl2NO4/c1-13-2-4-15(5-3-13)22(29)20-21(14-6-8-19(28)9-7-14)27(24(31)23(20)30)18-11-16(25)10-17(26)12-18/h2-12,21,28-29H,1H3/b22-20+. The van der Waals surface area contributed by atoms with Crippen LogP contribution in [0.1, 0.15) is 22.7 Å². The molecule has 3 aromatic carbocycles. The number of aliphatic hydroxyl groups is 1. The van der Waals surface area contributed by atoms with Crippen LogP contribution in [0.5, 0.6) is 5.75 Å². The Hall–Kier alpha value is -3.28. The van der Waals surface area contributed by atoms with Gasteiger partial charge in [-0.15, -0.1) is 0 Å². The van der Waals surface area contributed by atoms with E-state index in [1.807, 2.05) is 6.92 Å². The Bertz CT molecular complexity index is 1200. The van der Waals surface area contributed by atoms with E-state index < -0.39 is 17.7 Å². The lowest BCUT2D eigenvalue weighted by atomic mass is 9.95. The highest BCUT2D eigenvalue weighted by Crippen LogP contribution is 2.43. The molecule has 1 atom stereocenters. The Labute approximate surface area is 188 Å². The van der Waals surface area contributed by atoms with Crippen molar-refractivity contribution in [3.8, 4) is 5.75 Å². The molecule has 0 spiro atoms. The van der Waals surface area contributed by atoms with Gasteiger partial charge in [0.05, 0.1) is 11.6 Å². The van der Waals surface area contributed by atoms with Crippen molar-refractivity contribution >= 4 is 46.3 Å². The van der Waals surface area contributed by atoms with Crippen LogP contribution in [0.3, 0.4) is 0 Å². The first kappa shape index (κ1) is 21.0. The molecule has 1 unspecified atom stereocenters. The molecule has 1 heterocycles. The monoisotopic (exact) mass is 453 g/mol. The molecule has 1 saturated heterocycles. The van der Waals surface area contributed by atoms with Crippen LogP contribution in [0.2, 0.25) is 10.0 Å². The van der Waals surface area contributed by atoms with Gasteiger partial charge in [-0.05, 0) is 42.8 Å². The molecule has 1 fully saturated rings. The number of aliphatic hydroxyl groups excluding tert-OH is 1. The lowest BCUT2D eigenvalue weighted by Gasteiger charge is -2.26. The Balaban J connectivity index is 1.96. The van der Waals surface area contributed by atoms with Crippen molar-refractivity contribution in [2.45, 2.75) is 13.0 Å². The average molecular weight is 454 g/mol. The smallest absolute Gasteiger partial charge is 0.300 e. The number of hydrogen-bond acceptors (Lipinski definition) is 4. The van der Waals surface area contributed by atoms with Crippen LogP contribution < -0.4 is 4.90 Å². The molecule has 2 N–H and O–H groups in total. The summed E-state index contributed by atoms with van der Waals surface area (Å²) >= 11 is 12.3. The number of carbonyl (C=O) groups is 2. The van der Waals surface area contributed by atoms with Gasteiger partial charge in [0.25, 0.3) is 11.7 Å². The highest BCUT2D eigenvalue weighted by atomic mass is 35.5. The minimum absolute atomic E-state index is 0.0324. The number of phenols is 1. The summed E-state index contributed by atoms with van der Waals surface area (Å²) in [5.74, 6) is -1.89. The maximum Gasteiger partial charge on any atom is 0.300 e. The number of aryl methyl sites for hydroxylation is 1. The zero-order chi connectivity index (χ0) is 22.3. The molecule has 1 aliphatic heterocycles. The van der Waals surface area contributed by atoms with Crippen molar-refractivity contribution in [3.63, 3.8) is 0 Å². The van der Waals surface area contributed by atoms with Gasteiger partial charge in [-0.25, -0.2) is 0 Å². The number of nitrogens with zero attached hydrogens (tertiary/aromatic N) is 1. The molecular weight excluding hydrogens is 437 g/mol. The Morgan fingerprint density at radius 3 is 2.06 bits per heavy atom. The van der Waals surface area contributed by atoms with Crippen LogP contribution in [0.25, 0.3) is 5.76 Å². The molecule has 5 nitrogen and oxygen atoms in total. The summed E-state index contributed by atoms with van der Waals surface area (Å²) in [4.78, 5) is 27.4. The van der Waals surface area contributed by atoms with Gasteiger partial charge < -0.3 is 10.2 Å². The van der Waals surface area contributed by atoms with Crippen LogP contribution in [0.4, 0.5) is 5.69 Å². The minimum Gasteiger partial charge on any atom is -0.508 e. The SMILES string of the molecule is Cc1ccc(/C(O)=C2\C(=O)C(=O)N(c3cc(Cl)cc(Cl)c3)C2c2ccc(O)cc2)cc1. The normalized spacial score (nSPS) is 17.9. The molecule has 156 valence electrons. The number of Topliss-reactive ketones (excluding diaryl/α,β-unsaturated/α-hetero) is 1. The van der Waals surface area contributed by atoms with Crippen molar-refractivity contribution < 1.29 is 19.8 Å². The third-order valence-electron chi connectivity index (χ3n) is 5.10. The highest BCUT2D eigenvalue weighted by Gasteiger charge is 2.47. The predicted octanol–water partition coefficient (Wildman–Crippen LogP) is 5.63. The lowest BCUT2D eigenvalue weighted by molar-refractivity contribution is -0.132. The average Bonchev–Trinajstić information content (AvgIpc) is 2.99. The first-order chi connectivity index (χ1) is 14.8. The summed E-state index contributed by atoms with van der Waals surface area (Å²) in [7, 11) is 0. The summed E-state index contributed by atoms with van der Waals surface area (Å²) < 4.78 is 0. The quantitative estimate of drug-likeness (QED) is 0.305. The maximum absolute atomic E-state index is 13.1. The summed E-state index contributed by atoms with van der Waals surface area (Å²) in [6, 6.07) is 16.7. The summed E-state index contributed by atoms with van der Waals surface area (Å²) in [5, 5.41) is 21.3. The van der Waals surface area contributed by atoms with Crippen LogP contribution >= 0.6 is 23.2 Å². The topological polar surface area (TPSA) is 77.8 Å². The summed E-state index contributed by atoms with van der Waals surface area (Å²) in [6.45, 7) is 1.90. The summed E-state index contributed by atoms with van der Waals surface area (Å²) in [5.41, 5.74) is 2.19. The van der Waals surface area contributed by atoms with Crippen LogP contribution in [-0.4, -0.2) is 21.9 Å². The zero-order valence-electron chi connectivity index (χ0n) is 16.3. The van der Waals surface area contributed by atoms with Gasteiger partial charge in [-0.2, -0.15) is 0 Å². The number of amides is 1. The second kappa shape index (κ2) is 8.10. The van der Waals surface area contributed by atoms with Gasteiger partial charge in [0.15, 0.2) is 0 Å². The number of carbonyl (C=O) groups excluding carboxylic acids is 2. The van der Waals surface area contributed by atoms with E-state index in [0.29, 0.717) is 26.9 Å². The molecule has 0 aliphatic carbocycles. The Morgan fingerprint density at radius 2 is 1.48 bits per heavy atom. The molecule has 0 saturated carbocycles. The summed E-state index contributed by atoms with van der Waals surface area (Å²) in [6.07, 6.45) is 0. The van der Waals surface area contributed by atoms with E-state index in [2.05, 4.69) is 0 Å². The second-order valence-corrected chi connectivity index (χ2v) is 8.13. The predicted molar refractivity (Wildman–Crippen MR) is 121 cm³/mol. The van der Waals surface area contributed by atoms with Crippen molar-refractivity contribution in [2.24, 2.45) is 0 Å². The van der Waals surface area contributed by atoms with Gasteiger partial charge in [-0.3, -0.25) is 14.5 Å². The minimum atomic E-state index is -0.934. The fraction of sp³-hybridized carbons (Fsp3) is 0.0833. The van der Waals surface area contributed by atoms with Gasteiger partial charge in [0.2, 0.25) is 0 Å². The van der Waals surface area contributed by atoms with Gasteiger partial charge in [0, 0.05) is 21.3 Å². The van der Waals surface area contributed by atoms with Crippen LogP contribution in [-0.2, 0) is 9.59 Å². The molecule has 0 bridgehead atoms. The van der Waals surface area contributed by atoms with Gasteiger partial charge in [-0.1, -0.05) is 65.2 Å². The van der Waals surface area contributed by atoms with Crippen molar-refractivity contribution in [2.75, 3.05) is 4.90 Å². The van der Waals surface area contributed by atoms with E-state index in [4.69, 9.17) is 23.2 Å². The molecule has 0 aromatic heterocycles. The molecule has 0 radical (unpaired) electrons. The van der Waals surface area contributed by atoms with E-state index in [1.54, 1.807) is 36.4 Å². The fourth-order valence-electron chi connectivity index (χ4n) is 3.62. The fourth-order valence-corrected chi connectivity index (χ4v) is 4.13. The number of anilines is 1. The number of benzene rings is 3. The molecule has 7 heteroatoms. The van der Waals surface area contributed by atoms with Crippen LogP contribution in [0.15, 0.2) is 72.3 Å². The van der Waals surface area contributed by atoms with Crippen molar-refractivity contribution in [3.05, 3.63) is 99.0 Å². The number of hydrogen-bond donors (Lipinski definition) is 2.